The Morgan fingerprint density at radius 1 is 1.00 bits per heavy atom. The molecule has 0 radical (unpaired) electrons. The van der Waals surface area contributed by atoms with Crippen LogP contribution in [0.5, 0.6) is 5.88 Å². The zero-order valence-electron chi connectivity index (χ0n) is 10.2. The van der Waals surface area contributed by atoms with E-state index in [1.54, 1.807) is 12.3 Å². The van der Waals surface area contributed by atoms with Crippen molar-refractivity contribution in [2.24, 2.45) is 0 Å². The number of aromatic nitrogens is 1. The molecule has 1 aromatic heterocycles. The van der Waals surface area contributed by atoms with Gasteiger partial charge in [0.15, 0.2) is 0 Å². The van der Waals surface area contributed by atoms with Crippen LogP contribution in [-0.4, -0.2) is 16.7 Å². The minimum atomic E-state index is 0.0152. The first-order chi connectivity index (χ1) is 8.88. The van der Waals surface area contributed by atoms with Crippen molar-refractivity contribution in [3.63, 3.8) is 0 Å². The number of hydrogen-bond acceptors (Lipinski definition) is 3. The van der Waals surface area contributed by atoms with Gasteiger partial charge in [-0.2, -0.15) is 0 Å². The minimum absolute atomic E-state index is 0.0152. The maximum Gasteiger partial charge on any atom is 0.213 e. The standard InChI is InChI=1S/C15H17NO2/c17-12-14-8-9-15(16-11-14)18-10-4-7-13-5-2-1-3-6-13/h1-3,5-6,8-9,11,17H,4,7,10,12H2. The highest BCUT2D eigenvalue weighted by atomic mass is 16.5. The van der Waals surface area contributed by atoms with Crippen LogP contribution < -0.4 is 4.74 Å². The SMILES string of the molecule is OCc1ccc(OCCCc2ccccc2)nc1. The topological polar surface area (TPSA) is 42.4 Å². The van der Waals surface area contributed by atoms with Crippen LogP contribution in [0.15, 0.2) is 48.7 Å². The van der Waals surface area contributed by atoms with Gasteiger partial charge in [0, 0.05) is 12.3 Å². The van der Waals surface area contributed by atoms with E-state index < -0.39 is 0 Å². The van der Waals surface area contributed by atoms with Crippen LogP contribution in [0.2, 0.25) is 0 Å². The first-order valence-electron chi connectivity index (χ1n) is 6.11. The number of aryl methyl sites for hydroxylation is 1. The molecule has 94 valence electrons. The molecule has 0 bridgehead atoms. The van der Waals surface area contributed by atoms with Crippen LogP contribution in [0.3, 0.4) is 0 Å². The van der Waals surface area contributed by atoms with Crippen LogP contribution in [0, 0.1) is 0 Å². The van der Waals surface area contributed by atoms with E-state index in [0.717, 1.165) is 18.4 Å². The van der Waals surface area contributed by atoms with Gasteiger partial charge in [-0.05, 0) is 30.0 Å². The van der Waals surface area contributed by atoms with Gasteiger partial charge in [0.25, 0.3) is 0 Å². The summed E-state index contributed by atoms with van der Waals surface area (Å²) in [7, 11) is 0. The van der Waals surface area contributed by atoms with Crippen LogP contribution in [0.4, 0.5) is 0 Å². The molecule has 2 rings (SSSR count). The van der Waals surface area contributed by atoms with E-state index >= 15 is 0 Å². The molecule has 0 spiro atoms. The summed E-state index contributed by atoms with van der Waals surface area (Å²) in [6.45, 7) is 0.668. The lowest BCUT2D eigenvalue weighted by atomic mass is 10.1. The molecule has 0 atom stereocenters. The molecule has 3 heteroatoms. The molecular weight excluding hydrogens is 226 g/mol. The molecular formula is C15H17NO2. The van der Waals surface area contributed by atoms with E-state index in [0.29, 0.717) is 12.5 Å². The van der Waals surface area contributed by atoms with Crippen LogP contribution in [0.1, 0.15) is 17.5 Å². The van der Waals surface area contributed by atoms with Crippen molar-refractivity contribution in [1.29, 1.82) is 0 Å². The summed E-state index contributed by atoms with van der Waals surface area (Å²) in [5.41, 5.74) is 2.12. The number of ether oxygens (including phenoxy) is 1. The predicted octanol–water partition coefficient (Wildman–Crippen LogP) is 2.59. The number of hydrogen-bond donors (Lipinski definition) is 1. The summed E-state index contributed by atoms with van der Waals surface area (Å²) in [4.78, 5) is 4.11. The lowest BCUT2D eigenvalue weighted by Crippen LogP contribution is -2.01. The maximum atomic E-state index is 8.89. The van der Waals surface area contributed by atoms with E-state index in [1.165, 1.54) is 5.56 Å². The smallest absolute Gasteiger partial charge is 0.213 e. The highest BCUT2D eigenvalue weighted by Crippen LogP contribution is 2.09. The Morgan fingerprint density at radius 3 is 2.50 bits per heavy atom. The minimum Gasteiger partial charge on any atom is -0.478 e. The van der Waals surface area contributed by atoms with Gasteiger partial charge >= 0.3 is 0 Å². The molecule has 0 fully saturated rings. The summed E-state index contributed by atoms with van der Waals surface area (Å²) < 4.78 is 5.53. The van der Waals surface area contributed by atoms with Gasteiger partial charge in [0.05, 0.1) is 13.2 Å². The molecule has 0 aliphatic carbocycles. The summed E-state index contributed by atoms with van der Waals surface area (Å²) in [6.07, 6.45) is 3.61. The fourth-order valence-electron chi connectivity index (χ4n) is 1.69. The Labute approximate surface area is 107 Å². The van der Waals surface area contributed by atoms with Crippen molar-refractivity contribution >= 4 is 0 Å². The van der Waals surface area contributed by atoms with E-state index in [-0.39, 0.29) is 6.61 Å². The lowest BCUT2D eigenvalue weighted by Gasteiger charge is -2.05. The number of nitrogens with zero attached hydrogens (tertiary/aromatic N) is 1. The number of aliphatic hydroxyl groups is 1. The van der Waals surface area contributed by atoms with E-state index in [4.69, 9.17) is 9.84 Å². The van der Waals surface area contributed by atoms with E-state index in [2.05, 4.69) is 17.1 Å². The second-order valence-corrected chi connectivity index (χ2v) is 4.10. The lowest BCUT2D eigenvalue weighted by molar-refractivity contribution is 0.279. The summed E-state index contributed by atoms with van der Waals surface area (Å²) >= 11 is 0. The molecule has 0 aliphatic rings. The van der Waals surface area contributed by atoms with Crippen LogP contribution in [-0.2, 0) is 13.0 Å². The third kappa shape index (κ3) is 3.86. The van der Waals surface area contributed by atoms with E-state index in [1.807, 2.05) is 24.3 Å². The number of rotatable bonds is 6. The quantitative estimate of drug-likeness (QED) is 0.793. The largest absolute Gasteiger partial charge is 0.478 e. The van der Waals surface area contributed by atoms with Gasteiger partial charge in [-0.3, -0.25) is 0 Å². The molecule has 1 N–H and O–H groups in total. The van der Waals surface area contributed by atoms with Gasteiger partial charge < -0.3 is 9.84 Å². The Balaban J connectivity index is 1.72. The third-order valence-electron chi connectivity index (χ3n) is 2.68. The number of aliphatic hydroxyl groups excluding tert-OH is 1. The highest BCUT2D eigenvalue weighted by molar-refractivity contribution is 5.17. The molecule has 0 saturated heterocycles. The molecule has 0 amide bonds. The average molecular weight is 243 g/mol. The van der Waals surface area contributed by atoms with Crippen LogP contribution >= 0.6 is 0 Å². The monoisotopic (exact) mass is 243 g/mol. The number of pyridine rings is 1. The molecule has 0 unspecified atom stereocenters. The summed E-state index contributed by atoms with van der Waals surface area (Å²) in [6, 6.07) is 14.0. The van der Waals surface area contributed by atoms with Gasteiger partial charge in [-0.1, -0.05) is 30.3 Å². The van der Waals surface area contributed by atoms with Crippen molar-refractivity contribution in [1.82, 2.24) is 4.98 Å². The molecule has 2 aromatic rings. The fraction of sp³-hybridized carbons (Fsp3) is 0.267. The maximum absolute atomic E-state index is 8.89. The molecule has 18 heavy (non-hydrogen) atoms. The Morgan fingerprint density at radius 2 is 1.83 bits per heavy atom. The van der Waals surface area contributed by atoms with Crippen molar-refractivity contribution in [2.75, 3.05) is 6.61 Å². The fourth-order valence-corrected chi connectivity index (χ4v) is 1.69. The molecule has 0 saturated carbocycles. The zero-order chi connectivity index (χ0) is 12.6. The molecule has 3 nitrogen and oxygen atoms in total. The van der Waals surface area contributed by atoms with E-state index in [9.17, 15) is 0 Å². The molecule has 1 aromatic carbocycles. The molecule has 1 heterocycles. The first-order valence-corrected chi connectivity index (χ1v) is 6.11. The third-order valence-corrected chi connectivity index (χ3v) is 2.68. The second-order valence-electron chi connectivity index (χ2n) is 4.10. The van der Waals surface area contributed by atoms with Gasteiger partial charge in [0.1, 0.15) is 0 Å². The Hall–Kier alpha value is -1.87. The van der Waals surface area contributed by atoms with Crippen molar-refractivity contribution in [3.8, 4) is 5.88 Å². The Kier molecular flexibility index (Phi) is 4.73. The van der Waals surface area contributed by atoms with Gasteiger partial charge in [-0.15, -0.1) is 0 Å². The summed E-state index contributed by atoms with van der Waals surface area (Å²) in [5.74, 6) is 0.611. The highest BCUT2D eigenvalue weighted by Gasteiger charge is 1.97. The predicted molar refractivity (Wildman–Crippen MR) is 70.4 cm³/mol. The second kappa shape index (κ2) is 6.77. The number of benzene rings is 1. The zero-order valence-corrected chi connectivity index (χ0v) is 10.2. The van der Waals surface area contributed by atoms with Crippen molar-refractivity contribution in [3.05, 3.63) is 59.8 Å². The summed E-state index contributed by atoms with van der Waals surface area (Å²) in [5, 5.41) is 8.89. The van der Waals surface area contributed by atoms with Crippen molar-refractivity contribution in [2.45, 2.75) is 19.4 Å². The molecule has 0 aliphatic heterocycles. The van der Waals surface area contributed by atoms with Crippen molar-refractivity contribution < 1.29 is 9.84 Å². The van der Waals surface area contributed by atoms with Gasteiger partial charge in [-0.25, -0.2) is 4.98 Å². The first kappa shape index (κ1) is 12.6. The van der Waals surface area contributed by atoms with Crippen LogP contribution in [0.25, 0.3) is 0 Å². The normalized spacial score (nSPS) is 10.3. The van der Waals surface area contributed by atoms with Gasteiger partial charge in [0.2, 0.25) is 5.88 Å². The Bertz CT molecular complexity index is 454. The average Bonchev–Trinajstić information content (AvgIpc) is 2.45.